The SMILES string of the molecule is [Sn].c1ccc2cc3c(cc2c1)C1=NC3=NC2=NC(=NC3=NC(=NC4=NC(=N1)c1cc5ccccc5cc14)c1cc4cc5ccccc5cc4cc13)c1cc3ccccc3cc12. The topological polar surface area (TPSA) is 98.9 Å². The Balaban J connectivity index is 0.00000381. The number of amidine groups is 8. The van der Waals surface area contributed by atoms with Gasteiger partial charge in [0.25, 0.3) is 0 Å². The summed E-state index contributed by atoms with van der Waals surface area (Å²) >= 11 is 0. The maximum Gasteiger partial charge on any atom is 0.164 e. The van der Waals surface area contributed by atoms with Gasteiger partial charge in [-0.05, 0) is 115 Å². The fraction of sp³-hybridized carbons (Fsp3) is 0. The monoisotopic (exact) mass is 882 g/mol. The molecule has 8 nitrogen and oxygen atoms in total. The van der Waals surface area contributed by atoms with Crippen molar-refractivity contribution in [2.75, 3.05) is 0 Å². The second-order valence-electron chi connectivity index (χ2n) is 15.7. The van der Waals surface area contributed by atoms with E-state index < -0.39 is 0 Å². The largest absolute Gasteiger partial charge is 0.208 e. The maximum atomic E-state index is 5.31. The number of rotatable bonds is 0. The molecule has 0 unspecified atom stereocenters. The number of fused-ring (bicyclic) bond motifs is 21. The summed E-state index contributed by atoms with van der Waals surface area (Å²) < 4.78 is 0. The summed E-state index contributed by atoms with van der Waals surface area (Å²) in [5.41, 5.74) is 7.03. The minimum absolute atomic E-state index is 0. The molecule has 0 amide bonds. The van der Waals surface area contributed by atoms with Gasteiger partial charge < -0.3 is 0 Å². The van der Waals surface area contributed by atoms with E-state index in [1.54, 1.807) is 0 Å². The zero-order valence-corrected chi connectivity index (χ0v) is 34.9. The molecule has 0 saturated heterocycles. The normalized spacial score (nSPS) is 15.5. The Bertz CT molecular complexity index is 3830. The van der Waals surface area contributed by atoms with Gasteiger partial charge in [0.1, 0.15) is 0 Å². The number of nitrogens with zero attached hydrogens (tertiary/aromatic N) is 8. The van der Waals surface area contributed by atoms with Crippen molar-refractivity contribution in [1.82, 2.24) is 0 Å². The molecule has 0 atom stereocenters. The Morgan fingerprint density at radius 1 is 0.180 bits per heavy atom. The van der Waals surface area contributed by atoms with Crippen molar-refractivity contribution < 1.29 is 0 Å². The molecular weight excluding hydrogens is 855 g/mol. The minimum Gasteiger partial charge on any atom is -0.208 e. The summed E-state index contributed by atoms with van der Waals surface area (Å²) in [6.07, 6.45) is 0. The van der Waals surface area contributed by atoms with E-state index in [9.17, 15) is 0 Å². The smallest absolute Gasteiger partial charge is 0.164 e. The first-order valence-corrected chi connectivity index (χ1v) is 19.9. The molecule has 9 heteroatoms. The van der Waals surface area contributed by atoms with Crippen molar-refractivity contribution in [1.29, 1.82) is 0 Å². The van der Waals surface area contributed by atoms with Crippen LogP contribution in [-0.2, 0) is 0 Å². The standard InChI is InChI=1S/C52H26N8.Sn/c1-2-10-28-18-36-26-44-43(25-35(36)17-27(28)9-1)51-58-49-41-23-33-15-7-5-13-31(33)21-39(41)47(56-49)54-45-37-19-29-11-3-4-12-30(29)20-38(37)46(53-45)55-48-40-22-32-14-6-8-16-34(32)24-42(40)50(57-48)59-52(44)60-51;/h1-26H;. The van der Waals surface area contributed by atoms with Crippen LogP contribution in [0.2, 0.25) is 0 Å². The minimum atomic E-state index is 0. The van der Waals surface area contributed by atoms with Gasteiger partial charge in [0.05, 0.1) is 0 Å². The molecule has 0 spiro atoms. The quantitative estimate of drug-likeness (QED) is 0.107. The van der Waals surface area contributed by atoms with Gasteiger partial charge in [-0.2, -0.15) is 0 Å². The average Bonchev–Trinajstić information content (AvgIpc) is 4.00. The van der Waals surface area contributed by atoms with Gasteiger partial charge in [-0.3, -0.25) is 0 Å². The van der Waals surface area contributed by atoms with Crippen LogP contribution in [-0.4, -0.2) is 70.6 Å². The molecule has 0 N–H and O–H groups in total. The third-order valence-electron chi connectivity index (χ3n) is 12.1. The Kier molecular flexibility index (Phi) is 7.16. The molecule has 0 aliphatic carbocycles. The zero-order chi connectivity index (χ0) is 39.1. The summed E-state index contributed by atoms with van der Waals surface area (Å²) in [4.78, 5) is 41.9. The van der Waals surface area contributed by atoms with Crippen LogP contribution in [0.5, 0.6) is 0 Å². The molecular formula is C52H26N8Sn. The first kappa shape index (κ1) is 34.3. The third kappa shape index (κ3) is 5.18. The molecule has 0 fully saturated rings. The first-order valence-electron chi connectivity index (χ1n) is 19.9. The first-order chi connectivity index (χ1) is 29.6. The van der Waals surface area contributed by atoms with Crippen LogP contribution in [0.15, 0.2) is 198 Å². The van der Waals surface area contributed by atoms with Gasteiger partial charge in [0.15, 0.2) is 46.7 Å². The van der Waals surface area contributed by atoms with Crippen molar-refractivity contribution in [3.05, 3.63) is 202 Å². The molecule has 61 heavy (non-hydrogen) atoms. The summed E-state index contributed by atoms with van der Waals surface area (Å²) in [6.45, 7) is 0. The molecule has 8 bridgehead atoms. The zero-order valence-electron chi connectivity index (χ0n) is 32.1. The summed E-state index contributed by atoms with van der Waals surface area (Å²) in [5.74, 6) is 4.25. The van der Waals surface area contributed by atoms with E-state index >= 15 is 0 Å². The number of aliphatic imine (C=N–C) groups is 8. The average molecular weight is 882 g/mol. The van der Waals surface area contributed by atoms with Gasteiger partial charge in [-0.1, -0.05) is 97.1 Å². The van der Waals surface area contributed by atoms with Crippen LogP contribution in [0.4, 0.5) is 0 Å². The summed E-state index contributed by atoms with van der Waals surface area (Å²) in [6, 6.07) is 55.1. The van der Waals surface area contributed by atoms with Crippen molar-refractivity contribution in [3.63, 3.8) is 0 Å². The molecule has 278 valence electrons. The van der Waals surface area contributed by atoms with E-state index in [-0.39, 0.29) is 23.9 Å². The van der Waals surface area contributed by atoms with E-state index in [4.69, 9.17) is 39.9 Å². The molecule has 0 aromatic heterocycles. The Hall–Kier alpha value is -7.56. The number of hydrogen-bond acceptors (Lipinski definition) is 8. The van der Waals surface area contributed by atoms with E-state index in [1.807, 2.05) is 36.4 Å². The molecule has 4 radical (unpaired) electrons. The van der Waals surface area contributed by atoms with Crippen molar-refractivity contribution in [3.8, 4) is 0 Å². The third-order valence-corrected chi connectivity index (χ3v) is 12.1. The molecule has 5 heterocycles. The van der Waals surface area contributed by atoms with Crippen molar-refractivity contribution >= 4 is 124 Å². The van der Waals surface area contributed by atoms with Crippen molar-refractivity contribution in [2.45, 2.75) is 0 Å². The number of benzene rings is 9. The van der Waals surface area contributed by atoms with E-state index in [1.165, 1.54) is 10.8 Å². The van der Waals surface area contributed by atoms with Crippen LogP contribution < -0.4 is 0 Å². The second kappa shape index (κ2) is 12.7. The predicted octanol–water partition coefficient (Wildman–Crippen LogP) is 10.2. The van der Waals surface area contributed by atoms with Gasteiger partial charge >= 0.3 is 0 Å². The van der Waals surface area contributed by atoms with Crippen molar-refractivity contribution in [2.24, 2.45) is 39.9 Å². The predicted molar refractivity (Wildman–Crippen MR) is 251 cm³/mol. The van der Waals surface area contributed by atoms with Crippen LogP contribution in [0.1, 0.15) is 44.5 Å². The summed E-state index contributed by atoms with van der Waals surface area (Å²) in [7, 11) is 0. The van der Waals surface area contributed by atoms with E-state index in [0.717, 1.165) is 87.6 Å². The number of hydrogen-bond donors (Lipinski definition) is 0. The Labute approximate surface area is 364 Å². The molecule has 5 aliphatic heterocycles. The van der Waals surface area contributed by atoms with Gasteiger partial charge in [-0.25, -0.2) is 39.9 Å². The summed E-state index contributed by atoms with van der Waals surface area (Å²) in [5, 5.41) is 11.0. The fourth-order valence-corrected chi connectivity index (χ4v) is 9.16. The fourth-order valence-electron chi connectivity index (χ4n) is 9.16. The Morgan fingerprint density at radius 2 is 0.328 bits per heavy atom. The van der Waals surface area contributed by atoms with Crippen LogP contribution in [0.25, 0.3) is 53.9 Å². The van der Waals surface area contributed by atoms with Gasteiger partial charge in [0.2, 0.25) is 0 Å². The molecule has 9 aromatic rings. The second-order valence-corrected chi connectivity index (χ2v) is 15.7. The molecule has 0 saturated carbocycles. The van der Waals surface area contributed by atoms with Gasteiger partial charge in [0, 0.05) is 68.4 Å². The molecule has 5 aliphatic rings. The van der Waals surface area contributed by atoms with E-state index in [2.05, 4.69) is 121 Å². The van der Waals surface area contributed by atoms with Gasteiger partial charge in [-0.15, -0.1) is 0 Å². The molecule has 14 rings (SSSR count). The van der Waals surface area contributed by atoms with Crippen LogP contribution in [0, 0.1) is 0 Å². The van der Waals surface area contributed by atoms with E-state index in [0.29, 0.717) is 46.7 Å². The van der Waals surface area contributed by atoms with Crippen LogP contribution >= 0.6 is 0 Å². The Morgan fingerprint density at radius 3 is 0.508 bits per heavy atom. The maximum absolute atomic E-state index is 5.31. The molecule has 9 aromatic carbocycles. The van der Waals surface area contributed by atoms with Crippen LogP contribution in [0.3, 0.4) is 0 Å².